The second kappa shape index (κ2) is 12.2. The van der Waals surface area contributed by atoms with Crippen LogP contribution in [0, 0.1) is 31.3 Å². The van der Waals surface area contributed by atoms with Gasteiger partial charge in [0.15, 0.2) is 0 Å². The second-order valence-corrected chi connectivity index (χ2v) is 10.1. The molecular formula is C33H32F3N3O. The highest BCUT2D eigenvalue weighted by molar-refractivity contribution is 5.90. The highest BCUT2D eigenvalue weighted by atomic mass is 19.1. The van der Waals surface area contributed by atoms with E-state index in [9.17, 15) is 18.0 Å². The van der Waals surface area contributed by atoms with Crippen molar-refractivity contribution >= 4 is 28.6 Å². The van der Waals surface area contributed by atoms with Gasteiger partial charge in [0.25, 0.3) is 0 Å². The van der Waals surface area contributed by atoms with Crippen molar-refractivity contribution in [3.8, 4) is 0 Å². The van der Waals surface area contributed by atoms with Crippen molar-refractivity contribution in [1.29, 1.82) is 0 Å². The van der Waals surface area contributed by atoms with Crippen molar-refractivity contribution < 1.29 is 18.0 Å². The topological polar surface area (TPSA) is 57.2 Å². The molecule has 40 heavy (non-hydrogen) atoms. The summed E-state index contributed by atoms with van der Waals surface area (Å²) in [5.74, 6) is -2.19. The Bertz CT molecular complexity index is 1650. The molecule has 4 nitrogen and oxygen atoms in total. The summed E-state index contributed by atoms with van der Waals surface area (Å²) in [5.41, 5.74) is 7.49. The zero-order valence-electron chi connectivity index (χ0n) is 23.3. The molecular weight excluding hydrogens is 511 g/mol. The van der Waals surface area contributed by atoms with E-state index in [1.54, 1.807) is 25.4 Å². The van der Waals surface area contributed by atoms with Gasteiger partial charge in [0, 0.05) is 47.1 Å². The maximum absolute atomic E-state index is 14.1. The second-order valence-electron chi connectivity index (χ2n) is 10.1. The van der Waals surface area contributed by atoms with Crippen LogP contribution in [-0.2, 0) is 17.6 Å². The SMILES string of the molecule is CC=N/C(C(=C(C)C)c1ccc(C)c(C)c1)=C(/Cc1cc(F)cc(F)c1)NC(=O)Cc1c[nH]c2ccc(F)cc12. The Labute approximate surface area is 232 Å². The van der Waals surface area contributed by atoms with E-state index < -0.39 is 17.5 Å². The zero-order chi connectivity index (χ0) is 29.0. The normalized spacial score (nSPS) is 12.1. The average Bonchev–Trinajstić information content (AvgIpc) is 3.26. The first-order chi connectivity index (χ1) is 19.0. The number of fused-ring (bicyclic) bond motifs is 1. The summed E-state index contributed by atoms with van der Waals surface area (Å²) in [6.45, 7) is 9.74. The van der Waals surface area contributed by atoms with E-state index in [4.69, 9.17) is 0 Å². The van der Waals surface area contributed by atoms with Crippen LogP contribution < -0.4 is 5.32 Å². The standard InChI is InChI=1S/C33H32F3N3O/c1-6-37-33(32(19(2)3)23-8-7-20(4)21(5)11-23)30(14-22-12-26(35)16-27(36)13-22)39-31(40)15-24-18-38-29-10-9-25(34)17-28(24)29/h6-13,16-18,38H,14-15H2,1-5H3,(H,39,40)/b33-30-,37-6?. The summed E-state index contributed by atoms with van der Waals surface area (Å²) in [6.07, 6.45) is 3.29. The minimum absolute atomic E-state index is 0.0250. The van der Waals surface area contributed by atoms with Gasteiger partial charge in [-0.15, -0.1) is 0 Å². The Kier molecular flexibility index (Phi) is 8.73. The van der Waals surface area contributed by atoms with Crippen LogP contribution in [0.3, 0.4) is 0 Å². The summed E-state index contributed by atoms with van der Waals surface area (Å²) in [4.78, 5) is 21.2. The van der Waals surface area contributed by atoms with Gasteiger partial charge in [-0.05, 0) is 92.8 Å². The summed E-state index contributed by atoms with van der Waals surface area (Å²) in [7, 11) is 0. The molecule has 1 amide bonds. The number of hydrogen-bond acceptors (Lipinski definition) is 2. The van der Waals surface area contributed by atoms with Crippen molar-refractivity contribution in [2.45, 2.75) is 47.5 Å². The number of H-pyrrole nitrogens is 1. The third-order valence-corrected chi connectivity index (χ3v) is 6.75. The van der Waals surface area contributed by atoms with Crippen molar-refractivity contribution in [2.24, 2.45) is 4.99 Å². The quantitative estimate of drug-likeness (QED) is 0.172. The summed E-state index contributed by atoms with van der Waals surface area (Å²) in [5, 5.41) is 3.59. The molecule has 0 radical (unpaired) electrons. The first-order valence-corrected chi connectivity index (χ1v) is 13.0. The van der Waals surface area contributed by atoms with Crippen molar-refractivity contribution in [3.63, 3.8) is 0 Å². The maximum Gasteiger partial charge on any atom is 0.228 e. The molecule has 1 heterocycles. The Balaban J connectivity index is 1.83. The van der Waals surface area contributed by atoms with Crippen LogP contribution in [0.15, 0.2) is 82.8 Å². The molecule has 4 aromatic rings. The number of carbonyl (C=O) groups excluding carboxylic acids is 1. The Morgan fingerprint density at radius 3 is 2.27 bits per heavy atom. The monoisotopic (exact) mass is 543 g/mol. The predicted molar refractivity (Wildman–Crippen MR) is 156 cm³/mol. The molecule has 0 aliphatic rings. The fraction of sp³-hybridized carbons (Fsp3) is 0.212. The Morgan fingerprint density at radius 2 is 1.62 bits per heavy atom. The highest BCUT2D eigenvalue weighted by Crippen LogP contribution is 2.32. The fourth-order valence-electron chi connectivity index (χ4n) is 4.77. The lowest BCUT2D eigenvalue weighted by Gasteiger charge is -2.19. The van der Waals surface area contributed by atoms with Crippen LogP contribution in [0.4, 0.5) is 13.2 Å². The van der Waals surface area contributed by atoms with Gasteiger partial charge in [0.1, 0.15) is 17.5 Å². The van der Waals surface area contributed by atoms with Crippen molar-refractivity contribution in [2.75, 3.05) is 0 Å². The molecule has 7 heteroatoms. The summed E-state index contributed by atoms with van der Waals surface area (Å²) < 4.78 is 42.2. The van der Waals surface area contributed by atoms with Crippen LogP contribution >= 0.6 is 0 Å². The molecule has 0 atom stereocenters. The number of aromatic amines is 1. The largest absolute Gasteiger partial charge is 0.361 e. The van der Waals surface area contributed by atoms with Gasteiger partial charge < -0.3 is 10.3 Å². The van der Waals surface area contributed by atoms with Crippen molar-refractivity contribution in [1.82, 2.24) is 10.3 Å². The number of aromatic nitrogens is 1. The van der Waals surface area contributed by atoms with Crippen molar-refractivity contribution in [3.05, 3.63) is 123 Å². The Hall–Kier alpha value is -4.39. The molecule has 3 aromatic carbocycles. The number of halogens is 3. The molecule has 0 aliphatic carbocycles. The minimum Gasteiger partial charge on any atom is -0.361 e. The van der Waals surface area contributed by atoms with Gasteiger partial charge in [-0.25, -0.2) is 13.2 Å². The number of benzene rings is 3. The third-order valence-electron chi connectivity index (χ3n) is 6.75. The van der Waals surface area contributed by atoms with Gasteiger partial charge in [0.05, 0.1) is 12.1 Å². The number of allylic oxidation sites excluding steroid dienone is 3. The number of aryl methyl sites for hydroxylation is 2. The van der Waals surface area contributed by atoms with E-state index in [0.29, 0.717) is 33.4 Å². The summed E-state index contributed by atoms with van der Waals surface area (Å²) >= 11 is 0. The van der Waals surface area contributed by atoms with E-state index >= 15 is 0 Å². The first-order valence-electron chi connectivity index (χ1n) is 13.0. The van der Waals surface area contributed by atoms with Gasteiger partial charge in [-0.2, -0.15) is 0 Å². The number of rotatable bonds is 8. The average molecular weight is 544 g/mol. The van der Waals surface area contributed by atoms with Crippen LogP contribution in [-0.4, -0.2) is 17.1 Å². The molecule has 0 spiro atoms. The van der Waals surface area contributed by atoms with Crippen LogP contribution in [0.2, 0.25) is 0 Å². The van der Waals surface area contributed by atoms with Crippen LogP contribution in [0.1, 0.15) is 48.6 Å². The molecule has 0 aliphatic heterocycles. The van der Waals surface area contributed by atoms with E-state index in [1.807, 2.05) is 39.8 Å². The molecule has 0 fully saturated rings. The number of carbonyl (C=O) groups is 1. The lowest BCUT2D eigenvalue weighted by atomic mass is 9.93. The molecule has 0 bridgehead atoms. The number of nitrogens with zero attached hydrogens (tertiary/aromatic N) is 1. The number of nitrogens with one attached hydrogen (secondary N) is 2. The van der Waals surface area contributed by atoms with Crippen LogP contribution in [0.25, 0.3) is 16.5 Å². The van der Waals surface area contributed by atoms with Gasteiger partial charge in [-0.3, -0.25) is 9.79 Å². The predicted octanol–water partition coefficient (Wildman–Crippen LogP) is 7.90. The smallest absolute Gasteiger partial charge is 0.228 e. The highest BCUT2D eigenvalue weighted by Gasteiger charge is 2.20. The van der Waals surface area contributed by atoms with E-state index in [1.165, 1.54) is 24.3 Å². The van der Waals surface area contributed by atoms with Gasteiger partial charge in [-0.1, -0.05) is 23.8 Å². The molecule has 4 rings (SSSR count). The molecule has 1 aromatic heterocycles. The first kappa shape index (κ1) is 28.6. The minimum atomic E-state index is -0.710. The number of aliphatic imine (C=N–C) groups is 1. The molecule has 206 valence electrons. The van der Waals surface area contributed by atoms with E-state index in [2.05, 4.69) is 21.4 Å². The zero-order valence-corrected chi connectivity index (χ0v) is 23.3. The molecule has 2 N–H and O–H groups in total. The molecule has 0 unspecified atom stereocenters. The van der Waals surface area contributed by atoms with E-state index in [-0.39, 0.29) is 18.7 Å². The van der Waals surface area contributed by atoms with Crippen LogP contribution in [0.5, 0.6) is 0 Å². The number of amides is 1. The maximum atomic E-state index is 14.1. The molecule has 0 saturated carbocycles. The lowest BCUT2D eigenvalue weighted by Crippen LogP contribution is -2.27. The Morgan fingerprint density at radius 1 is 0.900 bits per heavy atom. The number of hydrogen-bond donors (Lipinski definition) is 2. The van der Waals surface area contributed by atoms with E-state index in [0.717, 1.165) is 33.9 Å². The van der Waals surface area contributed by atoms with Gasteiger partial charge >= 0.3 is 0 Å². The third kappa shape index (κ3) is 6.60. The van der Waals surface area contributed by atoms with Gasteiger partial charge in [0.2, 0.25) is 5.91 Å². The molecule has 0 saturated heterocycles. The summed E-state index contributed by atoms with van der Waals surface area (Å²) in [6, 6.07) is 13.7. The fourth-order valence-corrected chi connectivity index (χ4v) is 4.77. The lowest BCUT2D eigenvalue weighted by molar-refractivity contribution is -0.119.